The molecule has 14 heavy (non-hydrogen) atoms. The number of carbonyl (C=O) groups is 1. The molecule has 1 aliphatic heterocycles. The van der Waals surface area contributed by atoms with Crippen LogP contribution in [0.4, 0.5) is 0 Å². The zero-order chi connectivity index (χ0) is 10.3. The zero-order valence-electron chi connectivity index (χ0n) is 7.93. The van der Waals surface area contributed by atoms with E-state index < -0.39 is 5.66 Å². The molecule has 0 bridgehead atoms. The molecule has 0 saturated carbocycles. The average molecular weight is 275 g/mol. The third-order valence-electron chi connectivity index (χ3n) is 2.34. The maximum absolute atomic E-state index is 11.4. The monoisotopic (exact) mass is 274 g/mol. The van der Waals surface area contributed by atoms with Gasteiger partial charge in [-0.15, -0.1) is 11.3 Å². The summed E-state index contributed by atoms with van der Waals surface area (Å²) in [5, 5.41) is 8.20. The Bertz CT molecular complexity index is 379. The second kappa shape index (κ2) is 3.32. The van der Waals surface area contributed by atoms with E-state index in [4.69, 9.17) is 0 Å². The van der Waals surface area contributed by atoms with Crippen LogP contribution in [0.15, 0.2) is 15.9 Å². The molecule has 5 heteroatoms. The summed E-state index contributed by atoms with van der Waals surface area (Å²) in [4.78, 5) is 12.5. The van der Waals surface area contributed by atoms with Crippen molar-refractivity contribution in [1.82, 2.24) is 10.6 Å². The minimum Gasteiger partial charge on any atom is -0.332 e. The van der Waals surface area contributed by atoms with Gasteiger partial charge < -0.3 is 5.32 Å². The Kier molecular flexibility index (Phi) is 2.41. The van der Waals surface area contributed by atoms with Crippen LogP contribution in [-0.2, 0) is 10.5 Å². The summed E-state index contributed by atoms with van der Waals surface area (Å²) in [7, 11) is 0. The van der Waals surface area contributed by atoms with E-state index in [-0.39, 0.29) is 11.9 Å². The summed E-state index contributed by atoms with van der Waals surface area (Å²) in [6.07, 6.45) is 0. The number of hydrogen-bond donors (Lipinski definition) is 2. The predicted octanol–water partition coefficient (Wildman–Crippen LogP) is 1.79. The standard InChI is InChI=1S/C9H11BrN2OS/c1-5-8(13)12-9(2,11-5)7-6(10)3-4-14-7/h3-5,11H,1-2H3,(H,12,13). The van der Waals surface area contributed by atoms with Gasteiger partial charge in [0, 0.05) is 4.47 Å². The first kappa shape index (κ1) is 10.1. The zero-order valence-corrected chi connectivity index (χ0v) is 10.3. The van der Waals surface area contributed by atoms with Crippen molar-refractivity contribution in [2.75, 3.05) is 0 Å². The molecular weight excluding hydrogens is 264 g/mol. The highest BCUT2D eigenvalue weighted by Gasteiger charge is 2.40. The van der Waals surface area contributed by atoms with Gasteiger partial charge in [-0.3, -0.25) is 10.1 Å². The molecule has 3 nitrogen and oxygen atoms in total. The Morgan fingerprint density at radius 2 is 2.36 bits per heavy atom. The van der Waals surface area contributed by atoms with E-state index in [1.807, 2.05) is 25.3 Å². The highest BCUT2D eigenvalue weighted by molar-refractivity contribution is 9.10. The molecule has 1 saturated heterocycles. The molecule has 0 aromatic carbocycles. The van der Waals surface area contributed by atoms with Crippen LogP contribution in [0.25, 0.3) is 0 Å². The highest BCUT2D eigenvalue weighted by atomic mass is 79.9. The first-order chi connectivity index (χ1) is 6.53. The van der Waals surface area contributed by atoms with Crippen molar-refractivity contribution >= 4 is 33.2 Å². The van der Waals surface area contributed by atoms with E-state index in [9.17, 15) is 4.79 Å². The van der Waals surface area contributed by atoms with Crippen LogP contribution in [0, 0.1) is 0 Å². The summed E-state index contributed by atoms with van der Waals surface area (Å²) in [6.45, 7) is 3.84. The van der Waals surface area contributed by atoms with Gasteiger partial charge in [0.1, 0.15) is 5.66 Å². The number of nitrogens with one attached hydrogen (secondary N) is 2. The summed E-state index contributed by atoms with van der Waals surface area (Å²) < 4.78 is 1.03. The normalized spacial score (nSPS) is 31.9. The Balaban J connectivity index is 2.35. The molecule has 1 amide bonds. The van der Waals surface area contributed by atoms with Gasteiger partial charge in [-0.05, 0) is 41.2 Å². The maximum atomic E-state index is 11.4. The van der Waals surface area contributed by atoms with Crippen LogP contribution in [0.5, 0.6) is 0 Å². The summed E-state index contributed by atoms with van der Waals surface area (Å²) >= 11 is 5.10. The predicted molar refractivity (Wildman–Crippen MR) is 60.1 cm³/mol. The molecule has 0 aliphatic carbocycles. The number of carbonyl (C=O) groups excluding carboxylic acids is 1. The van der Waals surface area contributed by atoms with Crippen molar-refractivity contribution in [2.45, 2.75) is 25.6 Å². The number of rotatable bonds is 1. The van der Waals surface area contributed by atoms with Gasteiger partial charge in [-0.25, -0.2) is 0 Å². The summed E-state index contributed by atoms with van der Waals surface area (Å²) in [5.74, 6) is 0.0489. The molecule has 0 spiro atoms. The van der Waals surface area contributed by atoms with Gasteiger partial charge in [-0.1, -0.05) is 0 Å². The van der Waals surface area contributed by atoms with Crippen LogP contribution in [0.1, 0.15) is 18.7 Å². The van der Waals surface area contributed by atoms with E-state index in [1.165, 1.54) is 0 Å². The third-order valence-corrected chi connectivity index (χ3v) is 4.40. The molecule has 2 atom stereocenters. The van der Waals surface area contributed by atoms with E-state index in [2.05, 4.69) is 26.6 Å². The fourth-order valence-electron chi connectivity index (χ4n) is 1.66. The third kappa shape index (κ3) is 1.49. The highest BCUT2D eigenvalue weighted by Crippen LogP contribution is 2.33. The van der Waals surface area contributed by atoms with Crippen molar-refractivity contribution in [3.63, 3.8) is 0 Å². The average Bonchev–Trinajstić information content (AvgIpc) is 2.59. The molecule has 76 valence electrons. The summed E-state index contributed by atoms with van der Waals surface area (Å²) in [6, 6.07) is 1.86. The van der Waals surface area contributed by atoms with Crippen LogP contribution in [-0.4, -0.2) is 11.9 Å². The Labute approximate surface area is 95.0 Å². The minimum absolute atomic E-state index is 0.0489. The van der Waals surface area contributed by atoms with E-state index in [0.717, 1.165) is 9.35 Å². The lowest BCUT2D eigenvalue weighted by molar-refractivity contribution is -0.120. The van der Waals surface area contributed by atoms with Crippen molar-refractivity contribution in [2.24, 2.45) is 0 Å². The van der Waals surface area contributed by atoms with Crippen molar-refractivity contribution in [1.29, 1.82) is 0 Å². The van der Waals surface area contributed by atoms with Crippen LogP contribution < -0.4 is 10.6 Å². The molecule has 1 aromatic heterocycles. The van der Waals surface area contributed by atoms with Crippen molar-refractivity contribution < 1.29 is 4.79 Å². The Hall–Kier alpha value is -0.390. The molecule has 1 aliphatic rings. The number of thiophene rings is 1. The lowest BCUT2D eigenvalue weighted by Gasteiger charge is -2.23. The smallest absolute Gasteiger partial charge is 0.238 e. The number of hydrogen-bond acceptors (Lipinski definition) is 3. The molecule has 0 radical (unpaired) electrons. The lowest BCUT2D eigenvalue weighted by Crippen LogP contribution is -2.43. The molecule has 1 aromatic rings. The molecule has 2 N–H and O–H groups in total. The van der Waals surface area contributed by atoms with Gasteiger partial charge in [0.15, 0.2) is 0 Å². The number of amides is 1. The van der Waals surface area contributed by atoms with Gasteiger partial charge in [-0.2, -0.15) is 0 Å². The van der Waals surface area contributed by atoms with Gasteiger partial charge in [0.25, 0.3) is 0 Å². The fourth-order valence-corrected chi connectivity index (χ4v) is 3.51. The van der Waals surface area contributed by atoms with Crippen molar-refractivity contribution in [3.05, 3.63) is 20.8 Å². The Morgan fingerprint density at radius 1 is 1.64 bits per heavy atom. The van der Waals surface area contributed by atoms with Crippen molar-refractivity contribution in [3.8, 4) is 0 Å². The first-order valence-electron chi connectivity index (χ1n) is 4.36. The van der Waals surface area contributed by atoms with E-state index in [0.29, 0.717) is 0 Å². The van der Waals surface area contributed by atoms with Crippen LogP contribution in [0.2, 0.25) is 0 Å². The van der Waals surface area contributed by atoms with Gasteiger partial charge >= 0.3 is 0 Å². The van der Waals surface area contributed by atoms with Gasteiger partial charge in [0.05, 0.1) is 10.9 Å². The lowest BCUT2D eigenvalue weighted by atomic mass is 10.2. The maximum Gasteiger partial charge on any atom is 0.238 e. The summed E-state index contributed by atoms with van der Waals surface area (Å²) in [5.41, 5.74) is -0.427. The molecular formula is C9H11BrN2OS. The topological polar surface area (TPSA) is 41.1 Å². The molecule has 2 rings (SSSR count). The largest absolute Gasteiger partial charge is 0.332 e. The molecule has 2 unspecified atom stereocenters. The van der Waals surface area contributed by atoms with E-state index in [1.54, 1.807) is 11.3 Å². The number of halogens is 1. The van der Waals surface area contributed by atoms with Crippen LogP contribution >= 0.6 is 27.3 Å². The first-order valence-corrected chi connectivity index (χ1v) is 6.03. The SMILES string of the molecule is CC1NC(C)(c2sccc2Br)NC1=O. The minimum atomic E-state index is -0.427. The molecule has 1 fully saturated rings. The molecule has 2 heterocycles. The quantitative estimate of drug-likeness (QED) is 0.820. The second-order valence-electron chi connectivity index (χ2n) is 3.58. The second-order valence-corrected chi connectivity index (χ2v) is 5.35. The van der Waals surface area contributed by atoms with Gasteiger partial charge in [0.2, 0.25) is 5.91 Å². The fraction of sp³-hybridized carbons (Fsp3) is 0.444. The van der Waals surface area contributed by atoms with E-state index >= 15 is 0 Å². The Morgan fingerprint density at radius 3 is 2.79 bits per heavy atom. The van der Waals surface area contributed by atoms with Crippen LogP contribution in [0.3, 0.4) is 0 Å².